The zero-order valence-electron chi connectivity index (χ0n) is 14.3. The van der Waals surface area contributed by atoms with Crippen LogP contribution in [0.25, 0.3) is 11.4 Å². The van der Waals surface area contributed by atoms with Crippen molar-refractivity contribution in [3.8, 4) is 11.4 Å². The van der Waals surface area contributed by atoms with E-state index in [2.05, 4.69) is 28.5 Å². The molecule has 0 radical (unpaired) electrons. The van der Waals surface area contributed by atoms with Gasteiger partial charge >= 0.3 is 0 Å². The summed E-state index contributed by atoms with van der Waals surface area (Å²) in [7, 11) is -3.75. The number of nitrogens with zero attached hydrogens (tertiary/aromatic N) is 2. The topological polar surface area (TPSA) is 72.0 Å². The molecule has 3 aromatic rings. The van der Waals surface area contributed by atoms with E-state index in [1.807, 2.05) is 24.3 Å². The monoisotopic (exact) mass is 387 g/mol. The fourth-order valence-electron chi connectivity index (χ4n) is 2.38. The molecule has 1 aromatic heterocycles. The lowest BCUT2D eigenvalue weighted by Gasteiger charge is -2.09. The van der Waals surface area contributed by atoms with Crippen LogP contribution in [0.2, 0.25) is 5.02 Å². The summed E-state index contributed by atoms with van der Waals surface area (Å²) in [5, 5.41) is 0.470. The van der Waals surface area contributed by atoms with E-state index in [0.29, 0.717) is 16.8 Å². The molecule has 0 saturated heterocycles. The van der Waals surface area contributed by atoms with Gasteiger partial charge in [0.05, 0.1) is 4.90 Å². The van der Waals surface area contributed by atoms with Crippen LogP contribution >= 0.6 is 11.6 Å². The summed E-state index contributed by atoms with van der Waals surface area (Å²) < 4.78 is 27.4. The van der Waals surface area contributed by atoms with Crippen LogP contribution < -0.4 is 4.72 Å². The predicted molar refractivity (Wildman–Crippen MR) is 104 cm³/mol. The summed E-state index contributed by atoms with van der Waals surface area (Å²) in [5.74, 6) is 1.09. The molecule has 1 heterocycles. The third-order valence-electron chi connectivity index (χ3n) is 3.85. The van der Waals surface area contributed by atoms with Crippen molar-refractivity contribution in [1.82, 2.24) is 9.97 Å². The Balaban J connectivity index is 1.86. The summed E-state index contributed by atoms with van der Waals surface area (Å²) in [6, 6.07) is 15.4. The third kappa shape index (κ3) is 4.20. The number of nitrogens with one attached hydrogen (secondary N) is 1. The Morgan fingerprint density at radius 2 is 1.62 bits per heavy atom. The van der Waals surface area contributed by atoms with Crippen LogP contribution in [0, 0.1) is 0 Å². The normalized spacial score (nSPS) is 11.5. The maximum atomic E-state index is 12.5. The standard InChI is InChI=1S/C19H18ClN3O2S/c1-13(2)14-3-5-15(6-4-14)19-21-12-11-18(22-19)23-26(24,25)17-9-7-16(20)8-10-17/h3-13H,1-2H3,(H,21,22,23). The quantitative estimate of drug-likeness (QED) is 0.687. The number of rotatable bonds is 5. The molecule has 0 amide bonds. The minimum Gasteiger partial charge on any atom is -0.263 e. The van der Waals surface area contributed by atoms with Crippen molar-refractivity contribution in [2.75, 3.05) is 4.72 Å². The lowest BCUT2D eigenvalue weighted by Crippen LogP contribution is -2.14. The highest BCUT2D eigenvalue weighted by Crippen LogP contribution is 2.22. The summed E-state index contributed by atoms with van der Waals surface area (Å²) in [5.41, 5.74) is 2.04. The number of anilines is 1. The highest BCUT2D eigenvalue weighted by atomic mass is 35.5. The van der Waals surface area contributed by atoms with Gasteiger partial charge in [0.1, 0.15) is 5.82 Å². The fraction of sp³-hybridized carbons (Fsp3) is 0.158. The van der Waals surface area contributed by atoms with Crippen molar-refractivity contribution in [3.05, 3.63) is 71.4 Å². The van der Waals surface area contributed by atoms with Crippen LogP contribution in [-0.4, -0.2) is 18.4 Å². The van der Waals surface area contributed by atoms with Crippen LogP contribution in [0.4, 0.5) is 5.82 Å². The van der Waals surface area contributed by atoms with Gasteiger partial charge in [0.25, 0.3) is 10.0 Å². The molecule has 0 unspecified atom stereocenters. The maximum Gasteiger partial charge on any atom is 0.263 e. The lowest BCUT2D eigenvalue weighted by molar-refractivity contribution is 0.601. The average molecular weight is 388 g/mol. The Bertz CT molecular complexity index is 1000. The van der Waals surface area contributed by atoms with Crippen LogP contribution in [0.3, 0.4) is 0 Å². The zero-order chi connectivity index (χ0) is 18.7. The van der Waals surface area contributed by atoms with Crippen molar-refractivity contribution in [2.45, 2.75) is 24.7 Å². The van der Waals surface area contributed by atoms with Crippen molar-refractivity contribution >= 4 is 27.4 Å². The van der Waals surface area contributed by atoms with Gasteiger partial charge in [0, 0.05) is 16.8 Å². The summed E-state index contributed by atoms with van der Waals surface area (Å²) in [4.78, 5) is 8.67. The molecule has 0 aliphatic rings. The first kappa shape index (κ1) is 18.4. The van der Waals surface area contributed by atoms with Crippen LogP contribution in [0.1, 0.15) is 25.3 Å². The maximum absolute atomic E-state index is 12.5. The van der Waals surface area contributed by atoms with Gasteiger partial charge in [-0.2, -0.15) is 0 Å². The molecule has 1 N–H and O–H groups in total. The van der Waals surface area contributed by atoms with Crippen molar-refractivity contribution in [3.63, 3.8) is 0 Å². The first-order valence-corrected chi connectivity index (χ1v) is 9.93. The van der Waals surface area contributed by atoms with E-state index in [4.69, 9.17) is 11.6 Å². The number of benzene rings is 2. The Morgan fingerprint density at radius 1 is 0.962 bits per heavy atom. The number of aromatic nitrogens is 2. The molecule has 0 aliphatic heterocycles. The second kappa shape index (κ2) is 7.43. The van der Waals surface area contributed by atoms with E-state index in [1.165, 1.54) is 42.1 Å². The average Bonchev–Trinajstić information content (AvgIpc) is 2.62. The Kier molecular flexibility index (Phi) is 5.25. The van der Waals surface area contributed by atoms with Crippen LogP contribution in [0.15, 0.2) is 65.7 Å². The molecule has 0 atom stereocenters. The number of hydrogen-bond acceptors (Lipinski definition) is 4. The molecule has 0 spiro atoms. The summed E-state index contributed by atoms with van der Waals surface area (Å²) in [6.45, 7) is 4.25. The first-order chi connectivity index (χ1) is 12.3. The van der Waals surface area contributed by atoms with Crippen molar-refractivity contribution < 1.29 is 8.42 Å². The van der Waals surface area contributed by atoms with Gasteiger partial charge < -0.3 is 0 Å². The van der Waals surface area contributed by atoms with E-state index in [9.17, 15) is 8.42 Å². The van der Waals surface area contributed by atoms with Gasteiger partial charge in [-0.1, -0.05) is 49.7 Å². The smallest absolute Gasteiger partial charge is 0.263 e. The van der Waals surface area contributed by atoms with E-state index in [1.54, 1.807) is 0 Å². The van der Waals surface area contributed by atoms with Gasteiger partial charge in [-0.05, 0) is 41.8 Å². The van der Waals surface area contributed by atoms with Crippen molar-refractivity contribution in [1.29, 1.82) is 0 Å². The van der Waals surface area contributed by atoms with Gasteiger partial charge in [0.2, 0.25) is 0 Å². The van der Waals surface area contributed by atoms with Gasteiger partial charge in [-0.15, -0.1) is 0 Å². The molecule has 3 rings (SSSR count). The number of sulfonamides is 1. The van der Waals surface area contributed by atoms with E-state index < -0.39 is 10.0 Å². The second-order valence-corrected chi connectivity index (χ2v) is 8.22. The minimum atomic E-state index is -3.75. The van der Waals surface area contributed by atoms with Crippen molar-refractivity contribution in [2.24, 2.45) is 0 Å². The van der Waals surface area contributed by atoms with Crippen LogP contribution in [0.5, 0.6) is 0 Å². The third-order valence-corrected chi connectivity index (χ3v) is 5.48. The molecule has 134 valence electrons. The molecule has 0 aliphatic carbocycles. The highest BCUT2D eigenvalue weighted by Gasteiger charge is 2.15. The molecule has 7 heteroatoms. The van der Waals surface area contributed by atoms with E-state index in [-0.39, 0.29) is 10.7 Å². The molecule has 26 heavy (non-hydrogen) atoms. The Morgan fingerprint density at radius 3 is 2.23 bits per heavy atom. The van der Waals surface area contributed by atoms with Gasteiger partial charge in [0.15, 0.2) is 5.82 Å². The molecular weight excluding hydrogens is 370 g/mol. The lowest BCUT2D eigenvalue weighted by atomic mass is 10.0. The van der Waals surface area contributed by atoms with Gasteiger partial charge in [-0.3, -0.25) is 4.72 Å². The molecular formula is C19H18ClN3O2S. The number of halogens is 1. The SMILES string of the molecule is CC(C)c1ccc(-c2nccc(NS(=O)(=O)c3ccc(Cl)cc3)n2)cc1. The molecule has 0 bridgehead atoms. The summed E-state index contributed by atoms with van der Waals surface area (Å²) >= 11 is 5.81. The van der Waals surface area contributed by atoms with Crippen LogP contribution in [-0.2, 0) is 10.0 Å². The minimum absolute atomic E-state index is 0.114. The fourth-order valence-corrected chi connectivity index (χ4v) is 3.51. The largest absolute Gasteiger partial charge is 0.263 e. The Hall–Kier alpha value is -2.44. The predicted octanol–water partition coefficient (Wildman–Crippen LogP) is 4.72. The molecule has 0 fully saturated rings. The second-order valence-electron chi connectivity index (χ2n) is 6.10. The molecule has 5 nitrogen and oxygen atoms in total. The zero-order valence-corrected chi connectivity index (χ0v) is 15.9. The van der Waals surface area contributed by atoms with Gasteiger partial charge in [-0.25, -0.2) is 18.4 Å². The Labute approximate surface area is 158 Å². The van der Waals surface area contributed by atoms with E-state index >= 15 is 0 Å². The highest BCUT2D eigenvalue weighted by molar-refractivity contribution is 7.92. The number of hydrogen-bond donors (Lipinski definition) is 1. The summed E-state index contributed by atoms with van der Waals surface area (Å²) in [6.07, 6.45) is 1.53. The molecule has 0 saturated carbocycles. The first-order valence-electron chi connectivity index (χ1n) is 8.07. The molecule has 2 aromatic carbocycles. The van der Waals surface area contributed by atoms with E-state index in [0.717, 1.165) is 5.56 Å².